The van der Waals surface area contributed by atoms with E-state index in [9.17, 15) is 13.9 Å². The van der Waals surface area contributed by atoms with Gasteiger partial charge in [-0.1, -0.05) is 13.8 Å². The van der Waals surface area contributed by atoms with Crippen LogP contribution in [0.2, 0.25) is 0 Å². The predicted octanol–water partition coefficient (Wildman–Crippen LogP) is 3.64. The van der Waals surface area contributed by atoms with Gasteiger partial charge in [0.05, 0.1) is 0 Å². The van der Waals surface area contributed by atoms with E-state index in [1.165, 1.54) is 12.1 Å². The topological polar surface area (TPSA) is 29.5 Å². The highest BCUT2D eigenvalue weighted by Crippen LogP contribution is 2.27. The maximum absolute atomic E-state index is 11.8. The third-order valence-electron chi connectivity index (χ3n) is 1.84. The van der Waals surface area contributed by atoms with Gasteiger partial charge in [-0.2, -0.15) is 8.78 Å². The van der Waals surface area contributed by atoms with Gasteiger partial charge in [0.15, 0.2) is 0 Å². The Morgan fingerprint density at radius 3 is 2.13 bits per heavy atom. The van der Waals surface area contributed by atoms with Crippen molar-refractivity contribution in [2.75, 3.05) is 0 Å². The van der Waals surface area contributed by atoms with Crippen LogP contribution in [0.25, 0.3) is 0 Å². The van der Waals surface area contributed by atoms with Gasteiger partial charge in [0, 0.05) is 6.07 Å². The predicted molar refractivity (Wildman–Crippen MR) is 55.6 cm³/mol. The number of alkyl halides is 2. The summed E-state index contributed by atoms with van der Waals surface area (Å²) in [4.78, 5) is 0. The largest absolute Gasteiger partial charge is 0.508 e. The monoisotopic (exact) mass is 218 g/mol. The standard InChI is InChI=1S/C9H10F2O2.C2H6/c1-5-3-7(13-9(10)11)4-8(12)6(5)2;1-2/h3-4,9,12H,1-2H3;1-2H3. The average molecular weight is 218 g/mol. The molecule has 0 fully saturated rings. The Kier molecular flexibility index (Phi) is 5.67. The molecule has 0 atom stereocenters. The van der Waals surface area contributed by atoms with Gasteiger partial charge in [0.1, 0.15) is 11.5 Å². The van der Waals surface area contributed by atoms with E-state index in [0.717, 1.165) is 5.56 Å². The van der Waals surface area contributed by atoms with Crippen molar-refractivity contribution in [2.45, 2.75) is 34.3 Å². The Hall–Kier alpha value is -1.32. The highest BCUT2D eigenvalue weighted by Gasteiger charge is 2.08. The van der Waals surface area contributed by atoms with Crippen molar-refractivity contribution in [1.29, 1.82) is 0 Å². The van der Waals surface area contributed by atoms with Crippen LogP contribution in [0.4, 0.5) is 8.78 Å². The molecule has 0 aliphatic heterocycles. The minimum Gasteiger partial charge on any atom is -0.508 e. The molecule has 1 N–H and O–H groups in total. The molecule has 4 heteroatoms. The molecule has 15 heavy (non-hydrogen) atoms. The lowest BCUT2D eigenvalue weighted by atomic mass is 10.1. The first kappa shape index (κ1) is 13.7. The van der Waals surface area contributed by atoms with Crippen molar-refractivity contribution in [1.82, 2.24) is 0 Å². The van der Waals surface area contributed by atoms with Crippen molar-refractivity contribution < 1.29 is 18.6 Å². The van der Waals surface area contributed by atoms with Gasteiger partial charge in [-0.3, -0.25) is 0 Å². The van der Waals surface area contributed by atoms with Crippen LogP contribution in [0, 0.1) is 13.8 Å². The quantitative estimate of drug-likeness (QED) is 0.821. The number of rotatable bonds is 2. The van der Waals surface area contributed by atoms with Gasteiger partial charge < -0.3 is 9.84 Å². The summed E-state index contributed by atoms with van der Waals surface area (Å²) in [5, 5.41) is 9.27. The van der Waals surface area contributed by atoms with Gasteiger partial charge in [0.25, 0.3) is 0 Å². The van der Waals surface area contributed by atoms with Gasteiger partial charge in [0.2, 0.25) is 0 Å². The van der Waals surface area contributed by atoms with Crippen LogP contribution in [-0.4, -0.2) is 11.7 Å². The van der Waals surface area contributed by atoms with E-state index in [0.29, 0.717) is 5.56 Å². The van der Waals surface area contributed by atoms with Gasteiger partial charge in [-0.25, -0.2) is 0 Å². The number of phenolic OH excluding ortho intramolecular Hbond substituents is 1. The summed E-state index contributed by atoms with van der Waals surface area (Å²) in [5.41, 5.74) is 1.39. The van der Waals surface area contributed by atoms with Gasteiger partial charge in [-0.15, -0.1) is 0 Å². The van der Waals surface area contributed by atoms with Crippen LogP contribution >= 0.6 is 0 Å². The number of hydrogen-bond acceptors (Lipinski definition) is 2. The van der Waals surface area contributed by atoms with Crippen LogP contribution in [0.5, 0.6) is 11.5 Å². The second-order valence-corrected chi connectivity index (χ2v) is 2.76. The zero-order valence-corrected chi connectivity index (χ0v) is 9.34. The smallest absolute Gasteiger partial charge is 0.387 e. The molecule has 0 aliphatic rings. The van der Waals surface area contributed by atoms with E-state index < -0.39 is 6.61 Å². The Labute approximate surface area is 88.5 Å². The minimum atomic E-state index is -2.86. The molecule has 0 aromatic heterocycles. The van der Waals surface area contributed by atoms with E-state index in [1.807, 2.05) is 13.8 Å². The minimum absolute atomic E-state index is 0.0180. The first-order valence-corrected chi connectivity index (χ1v) is 4.75. The fraction of sp³-hybridized carbons (Fsp3) is 0.455. The fourth-order valence-corrected chi connectivity index (χ4v) is 0.979. The third kappa shape index (κ3) is 4.14. The van der Waals surface area contributed by atoms with E-state index in [4.69, 9.17) is 0 Å². The maximum Gasteiger partial charge on any atom is 0.387 e. The second kappa shape index (κ2) is 6.22. The summed E-state index contributed by atoms with van der Waals surface area (Å²) >= 11 is 0. The molecule has 1 aromatic rings. The van der Waals surface area contributed by atoms with Crippen LogP contribution in [0.3, 0.4) is 0 Å². The fourth-order valence-electron chi connectivity index (χ4n) is 0.979. The molecule has 0 heterocycles. The highest BCUT2D eigenvalue weighted by atomic mass is 19.3. The van der Waals surface area contributed by atoms with Gasteiger partial charge >= 0.3 is 6.61 Å². The Morgan fingerprint density at radius 1 is 1.20 bits per heavy atom. The van der Waals surface area contributed by atoms with Crippen molar-refractivity contribution >= 4 is 0 Å². The average Bonchev–Trinajstić information content (AvgIpc) is 2.16. The van der Waals surface area contributed by atoms with Crippen molar-refractivity contribution in [3.8, 4) is 11.5 Å². The zero-order valence-electron chi connectivity index (χ0n) is 9.34. The molecule has 0 saturated carbocycles. The van der Waals surface area contributed by atoms with Crippen LogP contribution in [0.15, 0.2) is 12.1 Å². The first-order valence-electron chi connectivity index (χ1n) is 4.75. The third-order valence-corrected chi connectivity index (χ3v) is 1.84. The lowest BCUT2D eigenvalue weighted by Gasteiger charge is -2.08. The SMILES string of the molecule is CC.Cc1cc(OC(F)F)cc(O)c1C. The number of phenols is 1. The lowest BCUT2D eigenvalue weighted by molar-refractivity contribution is -0.0499. The van der Waals surface area contributed by atoms with Crippen LogP contribution in [0.1, 0.15) is 25.0 Å². The van der Waals surface area contributed by atoms with E-state index in [-0.39, 0.29) is 11.5 Å². The normalized spacial score (nSPS) is 9.53. The number of hydrogen-bond donors (Lipinski definition) is 1. The van der Waals surface area contributed by atoms with E-state index in [1.54, 1.807) is 13.8 Å². The van der Waals surface area contributed by atoms with Gasteiger partial charge in [-0.05, 0) is 31.0 Å². The number of benzene rings is 1. The molecule has 0 bridgehead atoms. The number of halogens is 2. The van der Waals surface area contributed by atoms with E-state index in [2.05, 4.69) is 4.74 Å². The summed E-state index contributed by atoms with van der Waals surface area (Å²) < 4.78 is 27.7. The molecule has 86 valence electrons. The zero-order chi connectivity index (χ0) is 12.0. The molecule has 2 nitrogen and oxygen atoms in total. The van der Waals surface area contributed by atoms with Crippen molar-refractivity contribution in [3.05, 3.63) is 23.3 Å². The van der Waals surface area contributed by atoms with Crippen LogP contribution in [-0.2, 0) is 0 Å². The summed E-state index contributed by atoms with van der Waals surface area (Å²) in [7, 11) is 0. The lowest BCUT2D eigenvalue weighted by Crippen LogP contribution is -2.02. The summed E-state index contributed by atoms with van der Waals surface area (Å²) in [6.45, 7) is 4.56. The highest BCUT2D eigenvalue weighted by molar-refractivity contribution is 5.44. The first-order chi connectivity index (χ1) is 7.00. The summed E-state index contributed by atoms with van der Waals surface area (Å²) in [6.07, 6.45) is 0. The molecule has 0 unspecified atom stereocenters. The molecule has 0 saturated heterocycles. The number of ether oxygens (including phenoxy) is 1. The summed E-state index contributed by atoms with van der Waals surface area (Å²) in [5.74, 6) is -0.0498. The molecular formula is C11H16F2O2. The summed E-state index contributed by atoms with van der Waals surface area (Å²) in [6, 6.07) is 2.63. The van der Waals surface area contributed by atoms with Crippen molar-refractivity contribution in [2.24, 2.45) is 0 Å². The Balaban J connectivity index is 0.000000921. The molecule has 0 spiro atoms. The molecule has 0 radical (unpaired) electrons. The van der Waals surface area contributed by atoms with Crippen molar-refractivity contribution in [3.63, 3.8) is 0 Å². The molecule has 1 rings (SSSR count). The number of aryl methyl sites for hydroxylation is 1. The number of aromatic hydroxyl groups is 1. The molecule has 0 aliphatic carbocycles. The molecule has 0 amide bonds. The maximum atomic E-state index is 11.8. The Morgan fingerprint density at radius 2 is 1.73 bits per heavy atom. The van der Waals surface area contributed by atoms with E-state index >= 15 is 0 Å². The second-order valence-electron chi connectivity index (χ2n) is 2.76. The van der Waals surface area contributed by atoms with Crippen LogP contribution < -0.4 is 4.74 Å². The molecular weight excluding hydrogens is 202 g/mol. The Bertz CT molecular complexity index is 288. The molecule has 1 aromatic carbocycles.